The largest absolute Gasteiger partial charge is 0.494 e. The van der Waals surface area contributed by atoms with E-state index in [-0.39, 0.29) is 19.6 Å². The van der Waals surface area contributed by atoms with Gasteiger partial charge in [-0.3, -0.25) is 0 Å². The molecule has 0 N–H and O–H groups in total. The Bertz CT molecular complexity index is 1670. The van der Waals surface area contributed by atoms with Crippen LogP contribution in [0.15, 0.2) is 117 Å². The van der Waals surface area contributed by atoms with Gasteiger partial charge in [-0.15, -0.1) is 0 Å². The summed E-state index contributed by atoms with van der Waals surface area (Å²) < 4.78 is 75.4. The summed E-state index contributed by atoms with van der Waals surface area (Å²) in [6, 6.07) is 26.3. The minimum Gasteiger partial charge on any atom is -0.494 e. The Kier molecular flexibility index (Phi) is 16.8. The van der Waals surface area contributed by atoms with E-state index in [9.17, 15) is 16.8 Å². The molecule has 4 aromatic carbocycles. The topological polar surface area (TPSA) is 105 Å². The zero-order chi connectivity index (χ0) is 37.1. The third-order valence-electron chi connectivity index (χ3n) is 8.65. The summed E-state index contributed by atoms with van der Waals surface area (Å²) in [4.78, 5) is 0.924. The van der Waals surface area contributed by atoms with Crippen LogP contribution in [0.5, 0.6) is 23.0 Å². The maximum atomic E-state index is 13.1. The van der Waals surface area contributed by atoms with Crippen molar-refractivity contribution in [3.8, 4) is 23.0 Å². The quantitative estimate of drug-likeness (QED) is 0.0617. The molecule has 0 spiro atoms. The molecule has 0 aliphatic heterocycles. The second-order valence-corrected chi connectivity index (χ2v) is 16.7. The maximum absolute atomic E-state index is 13.1. The molecule has 0 aromatic heterocycles. The average Bonchev–Trinajstić information content (AvgIpc) is 3.16. The molecular weight excluding hydrogens is 697 g/mol. The molecule has 0 saturated carbocycles. The van der Waals surface area contributed by atoms with Crippen molar-refractivity contribution in [1.29, 1.82) is 0 Å². The van der Waals surface area contributed by atoms with Crippen LogP contribution >= 0.6 is 0 Å². The van der Waals surface area contributed by atoms with Gasteiger partial charge < -0.3 is 18.9 Å². The summed E-state index contributed by atoms with van der Waals surface area (Å²) in [5, 5.41) is 0. The Hall–Kier alpha value is -4.02. The summed E-state index contributed by atoms with van der Waals surface area (Å²) in [5.74, 6) is 2.64. The van der Waals surface area contributed by atoms with Crippen LogP contribution in [0.3, 0.4) is 0 Å². The molecule has 0 fully saturated rings. The third-order valence-corrected chi connectivity index (χ3v) is 12.2. The van der Waals surface area contributed by atoms with Gasteiger partial charge in [-0.05, 0) is 123 Å². The zero-order valence-electron chi connectivity index (χ0n) is 30.6. The van der Waals surface area contributed by atoms with Gasteiger partial charge in [0.2, 0.25) is 19.7 Å². The van der Waals surface area contributed by atoms with Crippen molar-refractivity contribution in [3.63, 3.8) is 0 Å². The molecule has 52 heavy (non-hydrogen) atoms. The minimum absolute atomic E-state index is 0.228. The maximum Gasteiger partial charge on any atom is 0.206 e. The average molecular weight is 751 g/mol. The van der Waals surface area contributed by atoms with Gasteiger partial charge in [0.25, 0.3) is 0 Å². The highest BCUT2D eigenvalue weighted by atomic mass is 32.2. The van der Waals surface area contributed by atoms with Crippen LogP contribution in [-0.2, 0) is 19.7 Å². The fourth-order valence-corrected chi connectivity index (χ4v) is 8.03. The molecule has 0 saturated heterocycles. The van der Waals surface area contributed by atoms with Crippen LogP contribution in [0.4, 0.5) is 0 Å². The molecule has 282 valence electrons. The van der Waals surface area contributed by atoms with Crippen molar-refractivity contribution in [2.75, 3.05) is 26.4 Å². The van der Waals surface area contributed by atoms with Crippen LogP contribution < -0.4 is 18.9 Å². The summed E-state index contributed by atoms with van der Waals surface area (Å²) in [5.41, 5.74) is 0. The number of rotatable bonds is 25. The van der Waals surface area contributed by atoms with Crippen LogP contribution in [0.1, 0.15) is 90.9 Å². The van der Waals surface area contributed by atoms with Gasteiger partial charge in [0.1, 0.15) is 23.0 Å². The minimum atomic E-state index is -3.63. The van der Waals surface area contributed by atoms with Gasteiger partial charge in [0.05, 0.1) is 46.0 Å². The highest BCUT2D eigenvalue weighted by Crippen LogP contribution is 2.27. The molecule has 0 atom stereocenters. The second kappa shape index (κ2) is 21.5. The normalized spacial score (nSPS) is 11.7. The van der Waals surface area contributed by atoms with E-state index in [1.54, 1.807) is 97.1 Å². The standard InChI is InChI=1S/C42H54O8S2/c1-3-5-11-31-47-35-15-23-39(24-16-35)51(43,44)41-27-19-37(20-28-41)49-33-13-9-7-8-10-14-34-50-38-21-29-42(30-22-38)52(45,46)40-25-17-36(18-26-40)48-32-12-6-4-2/h15-30H,3-14,31-34H2,1-2H3. The number of unbranched alkanes of at least 4 members (excludes halogenated alkanes) is 9. The lowest BCUT2D eigenvalue weighted by molar-refractivity contribution is 0.297. The fourth-order valence-electron chi connectivity index (χ4n) is 5.51. The smallest absolute Gasteiger partial charge is 0.206 e. The number of ether oxygens (including phenoxy) is 4. The Labute approximate surface area is 311 Å². The van der Waals surface area contributed by atoms with E-state index in [4.69, 9.17) is 18.9 Å². The van der Waals surface area contributed by atoms with E-state index in [0.717, 1.165) is 77.0 Å². The molecule has 0 radical (unpaired) electrons. The molecule has 0 amide bonds. The van der Waals surface area contributed by atoms with Gasteiger partial charge in [-0.25, -0.2) is 16.8 Å². The van der Waals surface area contributed by atoms with E-state index in [2.05, 4.69) is 13.8 Å². The molecule has 10 heteroatoms. The third kappa shape index (κ3) is 12.9. The summed E-state index contributed by atoms with van der Waals surface area (Å²) in [6.07, 6.45) is 12.5. The first-order valence-corrected chi connectivity index (χ1v) is 21.6. The van der Waals surface area contributed by atoms with Gasteiger partial charge in [0, 0.05) is 0 Å². The first-order chi connectivity index (χ1) is 25.2. The lowest BCUT2D eigenvalue weighted by atomic mass is 10.1. The van der Waals surface area contributed by atoms with Crippen molar-refractivity contribution in [1.82, 2.24) is 0 Å². The van der Waals surface area contributed by atoms with Gasteiger partial charge in [0.15, 0.2) is 0 Å². The monoisotopic (exact) mass is 750 g/mol. The molecule has 0 unspecified atom stereocenters. The van der Waals surface area contributed by atoms with E-state index >= 15 is 0 Å². The number of benzene rings is 4. The van der Waals surface area contributed by atoms with Gasteiger partial charge in [-0.1, -0.05) is 65.2 Å². The second-order valence-electron chi connectivity index (χ2n) is 12.8. The van der Waals surface area contributed by atoms with Crippen LogP contribution in [0, 0.1) is 0 Å². The lowest BCUT2D eigenvalue weighted by Crippen LogP contribution is -2.03. The highest BCUT2D eigenvalue weighted by Gasteiger charge is 2.19. The molecule has 0 bridgehead atoms. The van der Waals surface area contributed by atoms with E-state index in [0.29, 0.717) is 49.4 Å². The van der Waals surface area contributed by atoms with Gasteiger partial charge >= 0.3 is 0 Å². The van der Waals surface area contributed by atoms with E-state index < -0.39 is 19.7 Å². The van der Waals surface area contributed by atoms with Crippen molar-refractivity contribution in [3.05, 3.63) is 97.1 Å². The SMILES string of the molecule is CCCCCOc1ccc(S(=O)(=O)c2ccc(OCCCCCCCCOc3ccc(S(=O)(=O)c4ccc(OCCCCC)cc4)cc3)cc2)cc1. The molecular formula is C42H54O8S2. The van der Waals surface area contributed by atoms with E-state index in [1.165, 1.54) is 0 Å². The Morgan fingerprint density at radius 2 is 0.538 bits per heavy atom. The number of hydrogen-bond acceptors (Lipinski definition) is 8. The fraction of sp³-hybridized carbons (Fsp3) is 0.429. The van der Waals surface area contributed by atoms with Crippen molar-refractivity contribution >= 4 is 19.7 Å². The summed E-state index contributed by atoms with van der Waals surface area (Å²) in [6.45, 7) is 6.66. The van der Waals surface area contributed by atoms with Crippen molar-refractivity contribution in [2.24, 2.45) is 0 Å². The Morgan fingerprint density at radius 1 is 0.327 bits per heavy atom. The highest BCUT2D eigenvalue weighted by molar-refractivity contribution is 7.91. The first-order valence-electron chi connectivity index (χ1n) is 18.7. The first kappa shape index (κ1) is 40.7. The van der Waals surface area contributed by atoms with Crippen molar-refractivity contribution in [2.45, 2.75) is 110 Å². The van der Waals surface area contributed by atoms with Gasteiger partial charge in [-0.2, -0.15) is 0 Å². The lowest BCUT2D eigenvalue weighted by Gasteiger charge is -2.10. The van der Waals surface area contributed by atoms with Crippen LogP contribution in [0.2, 0.25) is 0 Å². The molecule has 4 aromatic rings. The molecule has 4 rings (SSSR count). The number of hydrogen-bond donors (Lipinski definition) is 0. The van der Waals surface area contributed by atoms with Crippen molar-refractivity contribution < 1.29 is 35.8 Å². The molecule has 0 aliphatic carbocycles. The molecule has 0 heterocycles. The Balaban J connectivity index is 1.07. The van der Waals surface area contributed by atoms with Crippen LogP contribution in [0.25, 0.3) is 0 Å². The molecule has 0 aliphatic rings. The predicted octanol–water partition coefficient (Wildman–Crippen LogP) is 10.3. The number of sulfone groups is 2. The predicted molar refractivity (Wildman–Crippen MR) is 205 cm³/mol. The summed E-state index contributed by atoms with van der Waals surface area (Å²) in [7, 11) is -7.25. The molecule has 8 nitrogen and oxygen atoms in total. The van der Waals surface area contributed by atoms with E-state index in [1.807, 2.05) is 0 Å². The Morgan fingerprint density at radius 3 is 0.769 bits per heavy atom. The zero-order valence-corrected chi connectivity index (χ0v) is 32.3. The summed E-state index contributed by atoms with van der Waals surface area (Å²) >= 11 is 0. The van der Waals surface area contributed by atoms with Crippen LogP contribution in [-0.4, -0.2) is 43.3 Å².